The van der Waals surface area contributed by atoms with Crippen LogP contribution in [0.15, 0.2) is 36.4 Å². The van der Waals surface area contributed by atoms with Gasteiger partial charge >= 0.3 is 0 Å². The number of nitrogens with zero attached hydrogens (tertiary/aromatic N) is 1. The SMILES string of the molecule is CN1CCc2cc(Cl)c(O)cc2[C@@H]2c3ccccc3CC[C@@H]21.Cl. The maximum absolute atomic E-state index is 10.1. The Morgan fingerprint density at radius 3 is 2.70 bits per heavy atom. The normalized spacial score (nSPS) is 23.0. The minimum Gasteiger partial charge on any atom is -0.506 e. The van der Waals surface area contributed by atoms with Gasteiger partial charge in [-0.2, -0.15) is 0 Å². The Balaban J connectivity index is 0.00000156. The number of aryl methyl sites for hydroxylation is 1. The van der Waals surface area contributed by atoms with Gasteiger partial charge in [0, 0.05) is 18.5 Å². The van der Waals surface area contributed by atoms with Crippen LogP contribution in [0.5, 0.6) is 5.75 Å². The van der Waals surface area contributed by atoms with Crippen LogP contribution in [0, 0.1) is 0 Å². The summed E-state index contributed by atoms with van der Waals surface area (Å²) in [6, 6.07) is 13.1. The highest BCUT2D eigenvalue weighted by Gasteiger charge is 2.36. The number of hydrogen-bond acceptors (Lipinski definition) is 2. The summed E-state index contributed by atoms with van der Waals surface area (Å²) >= 11 is 6.15. The van der Waals surface area contributed by atoms with Crippen molar-refractivity contribution >= 4 is 24.0 Å². The molecule has 0 aromatic heterocycles. The standard InChI is InChI=1S/C19H20ClNO.ClH/c1-21-9-8-13-10-16(20)18(22)11-15(13)19-14-5-3-2-4-12(14)6-7-17(19)21;/h2-5,10-11,17,19,22H,6-9H2,1H3;1H/t17-,19-;/m0./s1. The van der Waals surface area contributed by atoms with Gasteiger partial charge in [0.05, 0.1) is 5.02 Å². The quantitative estimate of drug-likeness (QED) is 0.761. The summed E-state index contributed by atoms with van der Waals surface area (Å²) in [5.41, 5.74) is 5.39. The van der Waals surface area contributed by atoms with Crippen LogP contribution in [0.2, 0.25) is 5.02 Å². The Morgan fingerprint density at radius 1 is 1.09 bits per heavy atom. The second-order valence-electron chi connectivity index (χ2n) is 6.52. The number of hydrogen-bond donors (Lipinski definition) is 1. The van der Waals surface area contributed by atoms with Crippen molar-refractivity contribution < 1.29 is 5.11 Å². The lowest BCUT2D eigenvalue weighted by Gasteiger charge is -2.38. The molecule has 0 radical (unpaired) electrons. The maximum atomic E-state index is 10.1. The van der Waals surface area contributed by atoms with Crippen LogP contribution in [0.4, 0.5) is 0 Å². The van der Waals surface area contributed by atoms with Crippen LogP contribution in [-0.2, 0) is 12.8 Å². The third kappa shape index (κ3) is 2.73. The molecule has 0 fully saturated rings. The molecule has 1 N–H and O–H groups in total. The molecule has 4 rings (SSSR count). The van der Waals surface area contributed by atoms with E-state index in [1.807, 2.05) is 12.1 Å². The van der Waals surface area contributed by atoms with Gasteiger partial charge < -0.3 is 10.0 Å². The van der Waals surface area contributed by atoms with Crippen molar-refractivity contribution in [3.8, 4) is 5.75 Å². The second-order valence-corrected chi connectivity index (χ2v) is 6.92. The average Bonchev–Trinajstić information content (AvgIpc) is 2.66. The minimum absolute atomic E-state index is 0. The van der Waals surface area contributed by atoms with Gasteiger partial charge in [-0.25, -0.2) is 0 Å². The van der Waals surface area contributed by atoms with Crippen LogP contribution in [0.25, 0.3) is 0 Å². The largest absolute Gasteiger partial charge is 0.506 e. The van der Waals surface area contributed by atoms with Crippen LogP contribution in [-0.4, -0.2) is 29.6 Å². The second kappa shape index (κ2) is 6.35. The van der Waals surface area contributed by atoms with Gasteiger partial charge in [0.25, 0.3) is 0 Å². The van der Waals surface area contributed by atoms with Crippen molar-refractivity contribution in [2.24, 2.45) is 0 Å². The molecule has 0 unspecified atom stereocenters. The van der Waals surface area contributed by atoms with E-state index in [9.17, 15) is 5.11 Å². The predicted molar refractivity (Wildman–Crippen MR) is 97.1 cm³/mol. The number of rotatable bonds is 0. The fourth-order valence-electron chi connectivity index (χ4n) is 4.18. The summed E-state index contributed by atoms with van der Waals surface area (Å²) in [7, 11) is 2.22. The number of benzene rings is 2. The van der Waals surface area contributed by atoms with Gasteiger partial charge in [0.15, 0.2) is 0 Å². The molecule has 2 aromatic rings. The zero-order valence-electron chi connectivity index (χ0n) is 13.1. The molecule has 2 aliphatic rings. The number of aromatic hydroxyl groups is 1. The van der Waals surface area contributed by atoms with Crippen LogP contribution in [0.3, 0.4) is 0 Å². The molecule has 4 heteroatoms. The van der Waals surface area contributed by atoms with Gasteiger partial charge in [0.2, 0.25) is 0 Å². The molecule has 2 atom stereocenters. The summed E-state index contributed by atoms with van der Waals surface area (Å²) in [4.78, 5) is 2.48. The molecule has 0 spiro atoms. The Labute approximate surface area is 148 Å². The van der Waals surface area contributed by atoms with E-state index in [0.717, 1.165) is 19.4 Å². The first-order valence-corrected chi connectivity index (χ1v) is 8.32. The fraction of sp³-hybridized carbons (Fsp3) is 0.368. The lowest BCUT2D eigenvalue weighted by molar-refractivity contribution is 0.214. The molecular formula is C19H21Cl2NO. The number of phenols is 1. The number of likely N-dealkylation sites (N-methyl/N-ethyl adjacent to an activating group) is 1. The first-order valence-electron chi connectivity index (χ1n) is 7.94. The Hall–Kier alpha value is -1.22. The fourth-order valence-corrected chi connectivity index (χ4v) is 4.37. The van der Waals surface area contributed by atoms with Gasteiger partial charge in [-0.1, -0.05) is 35.9 Å². The third-order valence-corrected chi connectivity index (χ3v) is 5.63. The van der Waals surface area contributed by atoms with E-state index in [-0.39, 0.29) is 18.2 Å². The van der Waals surface area contributed by atoms with Crippen molar-refractivity contribution in [1.82, 2.24) is 4.90 Å². The molecule has 0 bridgehead atoms. The van der Waals surface area contributed by atoms with Gasteiger partial charge in [0.1, 0.15) is 5.75 Å². The van der Waals surface area contributed by atoms with Gasteiger partial charge in [-0.05, 0) is 60.7 Å². The van der Waals surface area contributed by atoms with Crippen molar-refractivity contribution in [2.45, 2.75) is 31.2 Å². The first kappa shape index (κ1) is 16.6. The third-order valence-electron chi connectivity index (χ3n) is 5.33. The molecule has 0 amide bonds. The highest BCUT2D eigenvalue weighted by Crippen LogP contribution is 2.44. The molecule has 23 heavy (non-hydrogen) atoms. The molecule has 2 aromatic carbocycles. The van der Waals surface area contributed by atoms with E-state index >= 15 is 0 Å². The highest BCUT2D eigenvalue weighted by atomic mass is 35.5. The van der Waals surface area contributed by atoms with E-state index in [1.54, 1.807) is 0 Å². The van der Waals surface area contributed by atoms with Crippen molar-refractivity contribution in [3.63, 3.8) is 0 Å². The van der Waals surface area contributed by atoms with Gasteiger partial charge in [-0.15, -0.1) is 12.4 Å². The minimum atomic E-state index is 0. The predicted octanol–water partition coefficient (Wildman–Crippen LogP) is 4.40. The zero-order chi connectivity index (χ0) is 15.3. The molecule has 2 nitrogen and oxygen atoms in total. The summed E-state index contributed by atoms with van der Waals surface area (Å²) in [6.07, 6.45) is 3.29. The lowest BCUT2D eigenvalue weighted by atomic mass is 9.74. The summed E-state index contributed by atoms with van der Waals surface area (Å²) in [6.45, 7) is 1.04. The summed E-state index contributed by atoms with van der Waals surface area (Å²) in [5.74, 6) is 0.530. The van der Waals surface area contributed by atoms with Crippen LogP contribution in [0.1, 0.15) is 34.6 Å². The number of phenolic OH excluding ortho intramolecular Hbond substituents is 1. The molecule has 1 aliphatic carbocycles. The van der Waals surface area contributed by atoms with Crippen molar-refractivity contribution in [2.75, 3.05) is 13.6 Å². The first-order chi connectivity index (χ1) is 10.6. The molecule has 0 saturated carbocycles. The Morgan fingerprint density at radius 2 is 1.87 bits per heavy atom. The van der Waals surface area contributed by atoms with E-state index in [1.165, 1.54) is 28.7 Å². The summed E-state index contributed by atoms with van der Waals surface area (Å²) < 4.78 is 0. The Kier molecular flexibility index (Phi) is 4.59. The molecule has 122 valence electrons. The summed E-state index contributed by atoms with van der Waals surface area (Å²) in [5, 5.41) is 10.6. The van der Waals surface area contributed by atoms with Crippen LogP contribution < -0.4 is 0 Å². The highest BCUT2D eigenvalue weighted by molar-refractivity contribution is 6.32. The molecule has 1 heterocycles. The Bertz CT molecular complexity index is 731. The molecular weight excluding hydrogens is 329 g/mol. The monoisotopic (exact) mass is 349 g/mol. The lowest BCUT2D eigenvalue weighted by Crippen LogP contribution is -2.39. The van der Waals surface area contributed by atoms with E-state index < -0.39 is 0 Å². The molecule has 1 aliphatic heterocycles. The maximum Gasteiger partial charge on any atom is 0.134 e. The smallest absolute Gasteiger partial charge is 0.134 e. The topological polar surface area (TPSA) is 23.5 Å². The van der Waals surface area contributed by atoms with Gasteiger partial charge in [-0.3, -0.25) is 0 Å². The van der Waals surface area contributed by atoms with Crippen molar-refractivity contribution in [3.05, 3.63) is 63.7 Å². The van der Waals surface area contributed by atoms with E-state index in [4.69, 9.17) is 11.6 Å². The number of halogens is 2. The van der Waals surface area contributed by atoms with Crippen molar-refractivity contribution in [1.29, 1.82) is 0 Å². The number of fused-ring (bicyclic) bond motifs is 5. The van der Waals surface area contributed by atoms with E-state index in [2.05, 4.69) is 36.2 Å². The molecule has 0 saturated heterocycles. The van der Waals surface area contributed by atoms with Crippen LogP contribution >= 0.6 is 24.0 Å². The van der Waals surface area contributed by atoms with E-state index in [0.29, 0.717) is 17.0 Å². The average molecular weight is 350 g/mol. The zero-order valence-corrected chi connectivity index (χ0v) is 14.7.